The van der Waals surface area contributed by atoms with E-state index >= 15 is 4.11 Å². The lowest BCUT2D eigenvalue weighted by Crippen LogP contribution is -2.45. The molecule has 2 aromatic rings. The summed E-state index contributed by atoms with van der Waals surface area (Å²) in [6.07, 6.45) is -0.161. The molecule has 2 aliphatic rings. The molecule has 2 heterocycles. The van der Waals surface area contributed by atoms with Crippen LogP contribution in [0.1, 0.15) is 24.5 Å². The Morgan fingerprint density at radius 1 is 1.26 bits per heavy atom. The number of rotatable bonds is 5. The maximum absolute atomic E-state index is 15.5. The average molecular weight is 618 g/mol. The van der Waals surface area contributed by atoms with Crippen molar-refractivity contribution in [2.75, 3.05) is 11.5 Å². The van der Waals surface area contributed by atoms with Crippen molar-refractivity contribution in [1.82, 2.24) is 0 Å². The Labute approximate surface area is 205 Å². The van der Waals surface area contributed by atoms with Gasteiger partial charge in [-0.3, -0.25) is 4.79 Å². The molecule has 1 spiro atoms. The fraction of sp³-hybridized carbons (Fsp3) is 0.435. The molecule has 4 nitrogen and oxygen atoms in total. The Hall–Kier alpha value is -0.813. The second-order valence-electron chi connectivity index (χ2n) is 8.96. The van der Waals surface area contributed by atoms with Crippen LogP contribution < -0.4 is 4.90 Å². The Kier molecular flexibility index (Phi) is 6.41. The molecule has 4 atom stereocenters. The fourth-order valence-corrected chi connectivity index (χ4v) is 8.61. The highest BCUT2D eigenvalue weighted by Crippen LogP contribution is 2.60. The molecular formula is C23H26BrFINO3Si. The number of halogens is 3. The van der Waals surface area contributed by atoms with Crippen LogP contribution in [0.5, 0.6) is 0 Å². The largest absolute Gasteiger partial charge is 0.396 e. The number of nitrogens with zero attached hydrogens (tertiary/aromatic N) is 1. The van der Waals surface area contributed by atoms with Crippen molar-refractivity contribution in [3.8, 4) is 0 Å². The topological polar surface area (TPSA) is 49.8 Å². The normalized spacial score (nSPS) is 27.9. The number of amides is 1. The summed E-state index contributed by atoms with van der Waals surface area (Å²) in [5, 5.41) is 9.61. The van der Waals surface area contributed by atoms with Crippen LogP contribution in [-0.4, -0.2) is 32.1 Å². The molecule has 2 aromatic carbocycles. The van der Waals surface area contributed by atoms with Gasteiger partial charge in [-0.2, -0.15) is 0 Å². The maximum Gasteiger partial charge on any atom is 0.264 e. The first-order valence-electron chi connectivity index (χ1n) is 10.4. The van der Waals surface area contributed by atoms with Gasteiger partial charge in [0.05, 0.1) is 18.3 Å². The van der Waals surface area contributed by atoms with Crippen LogP contribution in [0.25, 0.3) is 0 Å². The molecule has 166 valence electrons. The summed E-state index contributed by atoms with van der Waals surface area (Å²) >= 11 is 5.80. The number of benzene rings is 2. The number of carbonyl (C=O) groups excluding carboxylic acids is 1. The number of ether oxygens (including phenoxy) is 1. The predicted molar refractivity (Wildman–Crippen MR) is 134 cm³/mol. The van der Waals surface area contributed by atoms with Gasteiger partial charge < -0.3 is 18.9 Å². The number of carbonyl (C=O) groups is 1. The van der Waals surface area contributed by atoms with Crippen LogP contribution in [-0.2, 0) is 21.7 Å². The van der Waals surface area contributed by atoms with Crippen molar-refractivity contribution in [2.24, 2.45) is 5.92 Å². The molecule has 0 saturated carbocycles. The number of fused-ring (bicyclic) bond motifs is 2. The molecule has 31 heavy (non-hydrogen) atoms. The summed E-state index contributed by atoms with van der Waals surface area (Å²) in [7, 11) is -3.17. The predicted octanol–water partition coefficient (Wildman–Crippen LogP) is 5.76. The monoisotopic (exact) mass is 617 g/mol. The molecule has 1 fully saturated rings. The lowest BCUT2D eigenvalue weighted by molar-refractivity contribution is -0.146. The van der Waals surface area contributed by atoms with Gasteiger partial charge in [-0.1, -0.05) is 35.0 Å². The summed E-state index contributed by atoms with van der Waals surface area (Å²) in [5.74, 6) is -0.478. The minimum atomic E-state index is -3.17. The second-order valence-corrected chi connectivity index (χ2v) is 14.9. The molecule has 1 saturated heterocycles. The summed E-state index contributed by atoms with van der Waals surface area (Å²) < 4.78 is 23.9. The van der Waals surface area contributed by atoms with Crippen LogP contribution in [0.3, 0.4) is 0 Å². The van der Waals surface area contributed by atoms with E-state index in [1.54, 1.807) is 18.0 Å². The van der Waals surface area contributed by atoms with E-state index in [1.807, 2.05) is 49.4 Å². The van der Waals surface area contributed by atoms with Gasteiger partial charge in [0.25, 0.3) is 5.91 Å². The van der Waals surface area contributed by atoms with E-state index in [2.05, 4.69) is 38.5 Å². The van der Waals surface area contributed by atoms with E-state index in [-0.39, 0.29) is 24.0 Å². The fourth-order valence-electron chi connectivity index (χ4n) is 5.35. The molecule has 2 aliphatic heterocycles. The molecule has 8 heteroatoms. The first-order valence-corrected chi connectivity index (χ1v) is 15.3. The lowest BCUT2D eigenvalue weighted by Gasteiger charge is -2.31. The van der Waals surface area contributed by atoms with E-state index in [9.17, 15) is 9.90 Å². The summed E-state index contributed by atoms with van der Waals surface area (Å²) in [4.78, 5) is 15.8. The average Bonchev–Trinajstić information content (AvgIpc) is 3.11. The van der Waals surface area contributed by atoms with Gasteiger partial charge in [-0.25, -0.2) is 0 Å². The van der Waals surface area contributed by atoms with Crippen LogP contribution in [0.2, 0.25) is 18.6 Å². The van der Waals surface area contributed by atoms with E-state index in [4.69, 9.17) is 4.74 Å². The van der Waals surface area contributed by atoms with Crippen LogP contribution in [0.15, 0.2) is 46.9 Å². The van der Waals surface area contributed by atoms with Gasteiger partial charge in [0.15, 0.2) is 5.60 Å². The van der Waals surface area contributed by atoms with E-state index in [0.29, 0.717) is 13.0 Å². The number of aliphatic hydroxyl groups excluding tert-OH is 1. The minimum absolute atomic E-state index is 0.0969. The zero-order valence-electron chi connectivity index (χ0n) is 17.7. The first-order chi connectivity index (χ1) is 14.6. The minimum Gasteiger partial charge on any atom is -0.396 e. The first kappa shape index (κ1) is 23.3. The van der Waals surface area contributed by atoms with E-state index in [0.717, 1.165) is 24.9 Å². The molecule has 0 bridgehead atoms. The third kappa shape index (κ3) is 3.92. The molecular weight excluding hydrogens is 592 g/mol. The standard InChI is InChI=1S/C23H26BrFINO3Si/c1-14-21(31(2,3)25)20(10-11-28)30-23(14)18-12-16(24)6-9-19(18)27(22(23)29)13-15-4-7-17(26)8-5-15/h4-9,12,14,20-21,28H,10-11,13H2,1-3H3/t14-,20+,21-,23+/m0/s1. The van der Waals surface area contributed by atoms with Crippen molar-refractivity contribution in [3.05, 3.63) is 61.6 Å². The van der Waals surface area contributed by atoms with Gasteiger partial charge >= 0.3 is 0 Å². The van der Waals surface area contributed by atoms with Crippen molar-refractivity contribution in [3.63, 3.8) is 0 Å². The number of anilines is 1. The van der Waals surface area contributed by atoms with Gasteiger partial charge in [-0.05, 0) is 78.0 Å². The SMILES string of the molecule is C[C@H]1[C@H]([Si](C)(C)F)[C@@H](CCO)O[C@]12C(=O)N(Cc1ccc(I)cc1)c1ccc(Br)cc12. The quantitative estimate of drug-likeness (QED) is 0.264. The highest BCUT2D eigenvalue weighted by molar-refractivity contribution is 14.1. The molecule has 4 rings (SSSR count). The van der Waals surface area contributed by atoms with Crippen LogP contribution >= 0.6 is 38.5 Å². The Bertz CT molecular complexity index is 999. The highest BCUT2D eigenvalue weighted by atomic mass is 127. The zero-order chi connectivity index (χ0) is 22.6. The van der Waals surface area contributed by atoms with Crippen LogP contribution in [0.4, 0.5) is 9.80 Å². The maximum atomic E-state index is 15.5. The Balaban J connectivity index is 1.82. The van der Waals surface area contributed by atoms with Crippen molar-refractivity contribution in [1.29, 1.82) is 0 Å². The number of aliphatic hydroxyl groups is 1. The molecule has 0 aliphatic carbocycles. The summed E-state index contributed by atoms with van der Waals surface area (Å²) in [6, 6.07) is 13.9. The summed E-state index contributed by atoms with van der Waals surface area (Å²) in [6.45, 7) is 5.61. The number of hydrogen-bond donors (Lipinski definition) is 1. The third-order valence-electron chi connectivity index (χ3n) is 6.59. The van der Waals surface area contributed by atoms with Crippen molar-refractivity contribution in [2.45, 2.75) is 50.2 Å². The van der Waals surface area contributed by atoms with E-state index < -0.39 is 20.1 Å². The smallest absolute Gasteiger partial charge is 0.264 e. The molecule has 0 radical (unpaired) electrons. The van der Waals surface area contributed by atoms with Crippen molar-refractivity contribution < 1.29 is 18.7 Å². The van der Waals surface area contributed by atoms with E-state index in [1.165, 1.54) is 0 Å². The van der Waals surface area contributed by atoms with Crippen LogP contribution in [0, 0.1) is 9.49 Å². The zero-order valence-corrected chi connectivity index (χ0v) is 22.5. The Morgan fingerprint density at radius 3 is 2.55 bits per heavy atom. The Morgan fingerprint density at radius 2 is 1.94 bits per heavy atom. The number of hydrogen-bond acceptors (Lipinski definition) is 3. The molecule has 1 amide bonds. The van der Waals surface area contributed by atoms with Crippen molar-refractivity contribution >= 4 is 58.5 Å². The molecule has 0 aromatic heterocycles. The van der Waals surface area contributed by atoms with Gasteiger partial charge in [0.2, 0.25) is 8.41 Å². The molecule has 1 N–H and O–H groups in total. The van der Waals surface area contributed by atoms with Gasteiger partial charge in [0, 0.05) is 31.7 Å². The summed E-state index contributed by atoms with van der Waals surface area (Å²) in [5.41, 5.74) is 1.000. The van der Waals surface area contributed by atoms with Gasteiger partial charge in [-0.15, -0.1) is 0 Å². The third-order valence-corrected chi connectivity index (χ3v) is 10.3. The molecule has 0 unspecified atom stereocenters. The lowest BCUT2D eigenvalue weighted by atomic mass is 9.82. The highest BCUT2D eigenvalue weighted by Gasteiger charge is 2.66. The second kappa shape index (κ2) is 8.51. The van der Waals surface area contributed by atoms with Gasteiger partial charge in [0.1, 0.15) is 0 Å².